The van der Waals surface area contributed by atoms with Crippen LogP contribution in [0.3, 0.4) is 0 Å². The van der Waals surface area contributed by atoms with Crippen LogP contribution in [0.5, 0.6) is 5.75 Å². The van der Waals surface area contributed by atoms with E-state index in [0.29, 0.717) is 18.3 Å². The Morgan fingerprint density at radius 2 is 1.78 bits per heavy atom. The summed E-state index contributed by atoms with van der Waals surface area (Å²) in [6, 6.07) is 15.4. The summed E-state index contributed by atoms with van der Waals surface area (Å²) in [7, 11) is 1.61. The molecule has 3 rings (SSSR count). The zero-order chi connectivity index (χ0) is 19.2. The van der Waals surface area contributed by atoms with Crippen molar-refractivity contribution in [2.75, 3.05) is 18.6 Å². The first-order valence-electron chi connectivity index (χ1n) is 9.01. The number of likely N-dealkylation sites (N-methyl/N-ethyl adjacent to an activating group) is 1. The molecule has 0 fully saturated rings. The highest BCUT2D eigenvalue weighted by molar-refractivity contribution is 5.94. The predicted molar refractivity (Wildman–Crippen MR) is 104 cm³/mol. The third-order valence-electron chi connectivity index (χ3n) is 4.39. The number of carbonyl (C=O) groups excluding carboxylic acids is 1. The number of aromatic nitrogens is 2. The van der Waals surface area contributed by atoms with Crippen molar-refractivity contribution in [2.45, 2.75) is 26.7 Å². The number of anilines is 1. The number of carbonyl (C=O) groups is 1. The molecule has 1 amide bonds. The van der Waals surface area contributed by atoms with Gasteiger partial charge in [-0.05, 0) is 55.3 Å². The molecule has 6 nitrogen and oxygen atoms in total. The first kappa shape index (κ1) is 18.6. The zero-order valence-electron chi connectivity index (χ0n) is 15.8. The number of methoxy groups -OCH3 is 1. The molecule has 0 unspecified atom stereocenters. The minimum Gasteiger partial charge on any atom is -0.497 e. The van der Waals surface area contributed by atoms with Crippen molar-refractivity contribution < 1.29 is 14.1 Å². The molecule has 0 aliphatic heterocycles. The summed E-state index contributed by atoms with van der Waals surface area (Å²) in [5.41, 5.74) is 2.92. The highest BCUT2D eigenvalue weighted by Crippen LogP contribution is 2.21. The van der Waals surface area contributed by atoms with Crippen LogP contribution < -0.4 is 9.64 Å². The average molecular weight is 365 g/mol. The van der Waals surface area contributed by atoms with Crippen LogP contribution >= 0.6 is 0 Å². The van der Waals surface area contributed by atoms with E-state index in [1.807, 2.05) is 55.5 Å². The van der Waals surface area contributed by atoms with E-state index >= 15 is 0 Å². The molecule has 0 aliphatic carbocycles. The van der Waals surface area contributed by atoms with E-state index in [4.69, 9.17) is 9.26 Å². The smallest absolute Gasteiger partial charge is 0.236 e. The van der Waals surface area contributed by atoms with Gasteiger partial charge in [0.25, 0.3) is 0 Å². The van der Waals surface area contributed by atoms with E-state index in [9.17, 15) is 4.79 Å². The van der Waals surface area contributed by atoms with Crippen LogP contribution in [-0.4, -0.2) is 29.7 Å². The number of rotatable bonds is 7. The van der Waals surface area contributed by atoms with Crippen LogP contribution in [-0.2, 0) is 17.6 Å². The maximum absolute atomic E-state index is 12.7. The van der Waals surface area contributed by atoms with Crippen LogP contribution in [0.4, 0.5) is 5.69 Å². The van der Waals surface area contributed by atoms with E-state index in [1.54, 1.807) is 12.0 Å². The molecule has 0 saturated carbocycles. The molecule has 27 heavy (non-hydrogen) atoms. The zero-order valence-corrected chi connectivity index (χ0v) is 15.8. The fourth-order valence-corrected chi connectivity index (χ4v) is 2.82. The van der Waals surface area contributed by atoms with Gasteiger partial charge in [-0.25, -0.2) is 0 Å². The second kappa shape index (κ2) is 8.49. The number of aryl methyl sites for hydroxylation is 1. The molecule has 0 radical (unpaired) electrons. The summed E-state index contributed by atoms with van der Waals surface area (Å²) in [6.07, 6.45) is 1.03. The maximum atomic E-state index is 12.7. The lowest BCUT2D eigenvalue weighted by molar-refractivity contribution is -0.118. The largest absolute Gasteiger partial charge is 0.497 e. The summed E-state index contributed by atoms with van der Waals surface area (Å²) in [5.74, 6) is 1.43. The Morgan fingerprint density at radius 3 is 2.37 bits per heavy atom. The Labute approximate surface area is 158 Å². The lowest BCUT2D eigenvalue weighted by Crippen LogP contribution is -2.32. The van der Waals surface area contributed by atoms with Gasteiger partial charge < -0.3 is 14.2 Å². The number of hydrogen-bond donors (Lipinski definition) is 0. The number of benzene rings is 2. The topological polar surface area (TPSA) is 68.5 Å². The molecule has 0 N–H and O–H groups in total. The lowest BCUT2D eigenvalue weighted by Gasteiger charge is -2.20. The van der Waals surface area contributed by atoms with Crippen LogP contribution in [0.2, 0.25) is 0 Å². The number of nitrogens with zero attached hydrogens (tertiary/aromatic N) is 3. The minimum atomic E-state index is -0.0771. The maximum Gasteiger partial charge on any atom is 0.236 e. The summed E-state index contributed by atoms with van der Waals surface area (Å²) in [6.45, 7) is 4.62. The predicted octanol–water partition coefficient (Wildman–Crippen LogP) is 3.90. The van der Waals surface area contributed by atoms with E-state index in [0.717, 1.165) is 23.4 Å². The monoisotopic (exact) mass is 365 g/mol. The SMILES string of the molecule is CCc1ccc(N(CC)C(=O)Cc2nc(-c3ccc(OC)cc3)no2)cc1. The van der Waals surface area contributed by atoms with Crippen LogP contribution in [0, 0.1) is 0 Å². The highest BCUT2D eigenvalue weighted by Gasteiger charge is 2.18. The van der Waals surface area contributed by atoms with Crippen molar-refractivity contribution in [3.05, 3.63) is 60.0 Å². The standard InChI is InChI=1S/C21H23N3O3/c1-4-15-6-10-17(11-7-15)24(5-2)20(25)14-19-22-21(23-27-19)16-8-12-18(26-3)13-9-16/h6-13H,4-5,14H2,1-3H3. The van der Waals surface area contributed by atoms with Crippen molar-refractivity contribution in [2.24, 2.45) is 0 Å². The van der Waals surface area contributed by atoms with Gasteiger partial charge in [-0.2, -0.15) is 4.98 Å². The highest BCUT2D eigenvalue weighted by atomic mass is 16.5. The van der Waals surface area contributed by atoms with Gasteiger partial charge in [0, 0.05) is 17.8 Å². The molecular weight excluding hydrogens is 342 g/mol. The molecule has 6 heteroatoms. The Hall–Kier alpha value is -3.15. The van der Waals surface area contributed by atoms with Crippen molar-refractivity contribution >= 4 is 11.6 Å². The molecule has 0 atom stereocenters. The van der Waals surface area contributed by atoms with Gasteiger partial charge in [-0.3, -0.25) is 4.79 Å². The van der Waals surface area contributed by atoms with Crippen molar-refractivity contribution in [1.29, 1.82) is 0 Å². The Balaban J connectivity index is 1.71. The molecule has 1 aromatic heterocycles. The molecule has 2 aromatic carbocycles. The fraction of sp³-hybridized carbons (Fsp3) is 0.286. The van der Waals surface area contributed by atoms with E-state index < -0.39 is 0 Å². The quantitative estimate of drug-likeness (QED) is 0.635. The second-order valence-electron chi connectivity index (χ2n) is 6.07. The molecule has 1 heterocycles. The van der Waals surface area contributed by atoms with Crippen LogP contribution in [0.15, 0.2) is 53.1 Å². The van der Waals surface area contributed by atoms with Gasteiger partial charge in [0.2, 0.25) is 17.6 Å². The van der Waals surface area contributed by atoms with Crippen LogP contribution in [0.25, 0.3) is 11.4 Å². The van der Waals surface area contributed by atoms with Crippen molar-refractivity contribution in [3.8, 4) is 17.1 Å². The summed E-state index contributed by atoms with van der Waals surface area (Å²) < 4.78 is 10.4. The molecule has 3 aromatic rings. The second-order valence-corrected chi connectivity index (χ2v) is 6.07. The van der Waals surface area contributed by atoms with Crippen LogP contribution in [0.1, 0.15) is 25.3 Å². The fourth-order valence-electron chi connectivity index (χ4n) is 2.82. The normalized spacial score (nSPS) is 10.6. The molecule has 140 valence electrons. The average Bonchev–Trinajstić information content (AvgIpc) is 3.17. The third-order valence-corrected chi connectivity index (χ3v) is 4.39. The molecule has 0 bridgehead atoms. The van der Waals surface area contributed by atoms with E-state index in [2.05, 4.69) is 17.1 Å². The van der Waals surface area contributed by atoms with Gasteiger partial charge >= 0.3 is 0 Å². The molecule has 0 aliphatic rings. The first-order chi connectivity index (χ1) is 13.1. The third kappa shape index (κ3) is 4.34. The number of ether oxygens (including phenoxy) is 1. The van der Waals surface area contributed by atoms with E-state index in [1.165, 1.54) is 5.56 Å². The molecular formula is C21H23N3O3. The Morgan fingerprint density at radius 1 is 1.07 bits per heavy atom. The first-order valence-corrected chi connectivity index (χ1v) is 9.01. The lowest BCUT2D eigenvalue weighted by atomic mass is 10.1. The van der Waals surface area contributed by atoms with Gasteiger partial charge in [-0.15, -0.1) is 0 Å². The van der Waals surface area contributed by atoms with Gasteiger partial charge in [0.1, 0.15) is 12.2 Å². The molecule has 0 saturated heterocycles. The molecule has 0 spiro atoms. The Bertz CT molecular complexity index is 886. The Kier molecular flexibility index (Phi) is 5.86. The van der Waals surface area contributed by atoms with Gasteiger partial charge in [-0.1, -0.05) is 24.2 Å². The van der Waals surface area contributed by atoms with Gasteiger partial charge in [0.05, 0.1) is 7.11 Å². The number of hydrogen-bond acceptors (Lipinski definition) is 5. The number of amides is 1. The van der Waals surface area contributed by atoms with Crippen molar-refractivity contribution in [1.82, 2.24) is 10.1 Å². The summed E-state index contributed by atoms with van der Waals surface area (Å²) in [4.78, 5) is 18.8. The van der Waals surface area contributed by atoms with Gasteiger partial charge in [0.15, 0.2) is 0 Å². The summed E-state index contributed by atoms with van der Waals surface area (Å²) >= 11 is 0. The minimum absolute atomic E-state index is 0.0620. The van der Waals surface area contributed by atoms with Crippen molar-refractivity contribution in [3.63, 3.8) is 0 Å². The van der Waals surface area contributed by atoms with E-state index in [-0.39, 0.29) is 12.3 Å². The summed E-state index contributed by atoms with van der Waals surface area (Å²) in [5, 5.41) is 3.98.